The second-order valence-electron chi connectivity index (χ2n) is 7.34. The van der Waals surface area contributed by atoms with Gasteiger partial charge in [-0.3, -0.25) is 15.0 Å². The summed E-state index contributed by atoms with van der Waals surface area (Å²) in [7, 11) is 0. The Morgan fingerprint density at radius 3 is 2.62 bits per heavy atom. The molecule has 0 bridgehead atoms. The van der Waals surface area contributed by atoms with Crippen molar-refractivity contribution in [2.45, 2.75) is 38.8 Å². The molecule has 0 radical (unpaired) electrons. The average Bonchev–Trinajstić information content (AvgIpc) is 2.74. The van der Waals surface area contributed by atoms with Crippen molar-refractivity contribution in [3.05, 3.63) is 65.7 Å². The maximum Gasteiger partial charge on any atom is 0.257 e. The van der Waals surface area contributed by atoms with Gasteiger partial charge in [0.15, 0.2) is 5.11 Å². The van der Waals surface area contributed by atoms with E-state index in [0.717, 1.165) is 38.9 Å². The third-order valence-corrected chi connectivity index (χ3v) is 5.19. The first-order chi connectivity index (χ1) is 14.1. The van der Waals surface area contributed by atoms with Gasteiger partial charge in [0, 0.05) is 31.2 Å². The zero-order valence-corrected chi connectivity index (χ0v) is 17.7. The number of rotatable bonds is 7. The Bertz CT molecular complexity index is 805. The molecular formula is C23H29N3O2S. The van der Waals surface area contributed by atoms with Crippen LogP contribution in [-0.4, -0.2) is 41.7 Å². The lowest BCUT2D eigenvalue weighted by molar-refractivity contribution is 0.0975. The summed E-state index contributed by atoms with van der Waals surface area (Å²) < 4.78 is 5.59. The molecule has 1 aliphatic heterocycles. The summed E-state index contributed by atoms with van der Waals surface area (Å²) in [4.78, 5) is 14.9. The lowest BCUT2D eigenvalue weighted by Gasteiger charge is -2.32. The molecule has 2 N–H and O–H groups in total. The van der Waals surface area contributed by atoms with Gasteiger partial charge in [0.25, 0.3) is 5.91 Å². The summed E-state index contributed by atoms with van der Waals surface area (Å²) in [6.07, 6.45) is 2.93. The number of hydrogen-bond donors (Lipinski definition) is 2. The van der Waals surface area contributed by atoms with Crippen LogP contribution in [0.15, 0.2) is 54.6 Å². The van der Waals surface area contributed by atoms with E-state index in [-0.39, 0.29) is 11.9 Å². The van der Waals surface area contributed by atoms with Crippen molar-refractivity contribution in [2.24, 2.45) is 0 Å². The molecule has 1 aliphatic rings. The number of benzene rings is 2. The molecule has 1 saturated heterocycles. The highest BCUT2D eigenvalue weighted by Gasteiger charge is 2.20. The normalized spacial score (nSPS) is 14.9. The lowest BCUT2D eigenvalue weighted by atomic mass is 10.0. The fraction of sp³-hybridized carbons (Fsp3) is 0.391. The van der Waals surface area contributed by atoms with Crippen LogP contribution in [0, 0.1) is 0 Å². The van der Waals surface area contributed by atoms with Crippen LogP contribution in [0.3, 0.4) is 0 Å². The fourth-order valence-corrected chi connectivity index (χ4v) is 3.68. The van der Waals surface area contributed by atoms with Gasteiger partial charge in [0.1, 0.15) is 5.75 Å². The minimum Gasteiger partial charge on any atom is -0.494 e. The number of piperidine rings is 1. The Balaban J connectivity index is 1.42. The number of nitrogens with one attached hydrogen (secondary N) is 2. The van der Waals surface area contributed by atoms with Crippen LogP contribution in [0.4, 0.5) is 0 Å². The molecule has 0 spiro atoms. The summed E-state index contributed by atoms with van der Waals surface area (Å²) in [6.45, 7) is 5.69. The van der Waals surface area contributed by atoms with Gasteiger partial charge in [-0.1, -0.05) is 43.3 Å². The molecule has 6 heteroatoms. The van der Waals surface area contributed by atoms with E-state index in [4.69, 9.17) is 17.0 Å². The molecule has 0 aromatic heterocycles. The number of ether oxygens (including phenoxy) is 1. The monoisotopic (exact) mass is 411 g/mol. The van der Waals surface area contributed by atoms with Crippen LogP contribution < -0.4 is 15.4 Å². The molecule has 1 fully saturated rings. The molecular weight excluding hydrogens is 382 g/mol. The van der Waals surface area contributed by atoms with Gasteiger partial charge in [0.2, 0.25) is 0 Å². The average molecular weight is 412 g/mol. The van der Waals surface area contributed by atoms with Crippen LogP contribution in [0.2, 0.25) is 0 Å². The molecule has 0 saturated carbocycles. The van der Waals surface area contributed by atoms with Crippen LogP contribution in [-0.2, 0) is 6.54 Å². The third kappa shape index (κ3) is 6.84. The number of nitrogens with zero attached hydrogens (tertiary/aromatic N) is 1. The molecule has 3 rings (SSSR count). The second-order valence-corrected chi connectivity index (χ2v) is 7.75. The number of amides is 1. The van der Waals surface area contributed by atoms with Crippen molar-refractivity contribution >= 4 is 23.2 Å². The topological polar surface area (TPSA) is 53.6 Å². The Hall–Kier alpha value is -2.44. The first kappa shape index (κ1) is 21.3. The minimum atomic E-state index is -0.217. The van der Waals surface area contributed by atoms with Gasteiger partial charge in [-0.25, -0.2) is 0 Å². The van der Waals surface area contributed by atoms with Crippen LogP contribution >= 0.6 is 12.2 Å². The first-order valence-electron chi connectivity index (χ1n) is 10.2. The standard InChI is InChI=1S/C23H29N3O2S/c1-2-15-28-21-10-6-9-19(16-21)22(27)25-23(29)24-20-11-13-26(14-12-20)17-18-7-4-3-5-8-18/h3-10,16,20H,2,11-15,17H2,1H3,(H2,24,25,27,29). The molecule has 0 unspecified atom stereocenters. The van der Waals surface area contributed by atoms with Crippen LogP contribution in [0.5, 0.6) is 5.75 Å². The van der Waals surface area contributed by atoms with Gasteiger partial charge in [-0.05, 0) is 55.2 Å². The highest BCUT2D eigenvalue weighted by molar-refractivity contribution is 7.80. The maximum atomic E-state index is 12.5. The van der Waals surface area contributed by atoms with Gasteiger partial charge < -0.3 is 10.1 Å². The first-order valence-corrected chi connectivity index (χ1v) is 10.7. The maximum absolute atomic E-state index is 12.5. The zero-order valence-electron chi connectivity index (χ0n) is 16.9. The molecule has 5 nitrogen and oxygen atoms in total. The molecule has 29 heavy (non-hydrogen) atoms. The number of carbonyl (C=O) groups is 1. The summed E-state index contributed by atoms with van der Waals surface area (Å²) >= 11 is 5.36. The largest absolute Gasteiger partial charge is 0.494 e. The Morgan fingerprint density at radius 1 is 1.14 bits per heavy atom. The predicted molar refractivity (Wildman–Crippen MR) is 120 cm³/mol. The van der Waals surface area contributed by atoms with Crippen molar-refractivity contribution < 1.29 is 9.53 Å². The quantitative estimate of drug-likeness (QED) is 0.680. The zero-order chi connectivity index (χ0) is 20.5. The van der Waals surface area contributed by atoms with Crippen molar-refractivity contribution in [3.63, 3.8) is 0 Å². The van der Waals surface area contributed by atoms with Crippen molar-refractivity contribution in [1.29, 1.82) is 0 Å². The van der Waals surface area contributed by atoms with Crippen molar-refractivity contribution in [1.82, 2.24) is 15.5 Å². The molecule has 2 aromatic rings. The van der Waals surface area contributed by atoms with E-state index in [1.54, 1.807) is 12.1 Å². The number of thiocarbonyl (C=S) groups is 1. The van der Waals surface area contributed by atoms with E-state index >= 15 is 0 Å². The highest BCUT2D eigenvalue weighted by atomic mass is 32.1. The third-order valence-electron chi connectivity index (χ3n) is 4.97. The van der Waals surface area contributed by atoms with E-state index in [1.165, 1.54) is 5.56 Å². The van der Waals surface area contributed by atoms with E-state index < -0.39 is 0 Å². The summed E-state index contributed by atoms with van der Waals surface area (Å²) in [5.74, 6) is 0.482. The molecule has 154 valence electrons. The van der Waals surface area contributed by atoms with Crippen molar-refractivity contribution in [2.75, 3.05) is 19.7 Å². The number of hydrogen-bond acceptors (Lipinski definition) is 4. The molecule has 1 amide bonds. The molecule has 0 aliphatic carbocycles. The SMILES string of the molecule is CCCOc1cccc(C(=O)NC(=S)NC2CCN(Cc3ccccc3)CC2)c1. The fourth-order valence-electron chi connectivity index (χ4n) is 3.42. The van der Waals surface area contributed by atoms with Gasteiger partial charge in [0.05, 0.1) is 6.61 Å². The lowest BCUT2D eigenvalue weighted by Crippen LogP contribution is -2.48. The Kier molecular flexibility index (Phi) is 8.02. The highest BCUT2D eigenvalue weighted by Crippen LogP contribution is 2.15. The van der Waals surface area contributed by atoms with Gasteiger partial charge in [-0.15, -0.1) is 0 Å². The summed E-state index contributed by atoms with van der Waals surface area (Å²) in [6, 6.07) is 18.0. The van der Waals surface area contributed by atoms with E-state index in [2.05, 4.69) is 39.8 Å². The minimum absolute atomic E-state index is 0.217. The molecule has 2 aromatic carbocycles. The van der Waals surface area contributed by atoms with Gasteiger partial charge in [-0.2, -0.15) is 0 Å². The number of likely N-dealkylation sites (tertiary alicyclic amines) is 1. The summed E-state index contributed by atoms with van der Waals surface area (Å²) in [5.41, 5.74) is 1.88. The Labute approximate surface area is 178 Å². The van der Waals surface area contributed by atoms with Crippen molar-refractivity contribution in [3.8, 4) is 5.75 Å². The summed E-state index contributed by atoms with van der Waals surface area (Å²) in [5, 5.41) is 6.47. The van der Waals surface area contributed by atoms with Crippen LogP contribution in [0.1, 0.15) is 42.1 Å². The second kappa shape index (κ2) is 10.9. The smallest absolute Gasteiger partial charge is 0.257 e. The van der Waals surface area contributed by atoms with E-state index in [9.17, 15) is 4.79 Å². The van der Waals surface area contributed by atoms with Crippen LogP contribution in [0.25, 0.3) is 0 Å². The number of carbonyl (C=O) groups excluding carboxylic acids is 1. The van der Waals surface area contributed by atoms with E-state index in [0.29, 0.717) is 23.0 Å². The predicted octanol–water partition coefficient (Wildman–Crippen LogP) is 3.74. The van der Waals surface area contributed by atoms with Gasteiger partial charge >= 0.3 is 0 Å². The Morgan fingerprint density at radius 2 is 1.90 bits per heavy atom. The molecule has 1 heterocycles. The van der Waals surface area contributed by atoms with E-state index in [1.807, 2.05) is 25.1 Å². The molecule has 0 atom stereocenters.